The molecule has 2 aromatic rings. The Hall–Kier alpha value is -1.87. The van der Waals surface area contributed by atoms with Crippen LogP contribution in [0.1, 0.15) is 18.5 Å². The van der Waals surface area contributed by atoms with Gasteiger partial charge < -0.3 is 11.1 Å². The molecule has 0 aliphatic heterocycles. The molecule has 3 nitrogen and oxygen atoms in total. The zero-order valence-electron chi connectivity index (χ0n) is 9.22. The Bertz CT molecular complexity index is 434. The summed E-state index contributed by atoms with van der Waals surface area (Å²) in [6, 6.07) is 13.9. The first-order valence-corrected chi connectivity index (χ1v) is 5.29. The zero-order valence-corrected chi connectivity index (χ0v) is 9.22. The van der Waals surface area contributed by atoms with Gasteiger partial charge in [-0.3, -0.25) is 0 Å². The fraction of sp³-hybridized carbons (Fsp3) is 0.154. The Labute approximate surface area is 95.3 Å². The molecule has 1 aromatic heterocycles. The van der Waals surface area contributed by atoms with Gasteiger partial charge >= 0.3 is 0 Å². The molecular formula is C13H15N3. The van der Waals surface area contributed by atoms with E-state index >= 15 is 0 Å². The number of rotatable bonds is 3. The summed E-state index contributed by atoms with van der Waals surface area (Å²) >= 11 is 0. The van der Waals surface area contributed by atoms with E-state index < -0.39 is 0 Å². The van der Waals surface area contributed by atoms with Crippen molar-refractivity contribution in [3.8, 4) is 0 Å². The summed E-state index contributed by atoms with van der Waals surface area (Å²) in [6.07, 6.45) is 1.80. The van der Waals surface area contributed by atoms with Crippen molar-refractivity contribution in [3.05, 3.63) is 54.2 Å². The summed E-state index contributed by atoms with van der Waals surface area (Å²) in [5.41, 5.74) is 7.83. The van der Waals surface area contributed by atoms with E-state index in [1.54, 1.807) is 6.20 Å². The van der Waals surface area contributed by atoms with Gasteiger partial charge in [0.1, 0.15) is 5.82 Å². The second kappa shape index (κ2) is 4.77. The van der Waals surface area contributed by atoms with Crippen molar-refractivity contribution in [1.82, 2.24) is 4.98 Å². The SMILES string of the molecule is C[C@@H](N)c1ccc(Nc2ccccc2)nc1. The van der Waals surface area contributed by atoms with E-state index in [9.17, 15) is 0 Å². The number of hydrogen-bond donors (Lipinski definition) is 2. The summed E-state index contributed by atoms with van der Waals surface area (Å²) in [7, 11) is 0. The van der Waals surface area contributed by atoms with E-state index in [0.717, 1.165) is 17.1 Å². The number of nitrogens with one attached hydrogen (secondary N) is 1. The van der Waals surface area contributed by atoms with Crippen molar-refractivity contribution in [1.29, 1.82) is 0 Å². The summed E-state index contributed by atoms with van der Waals surface area (Å²) in [4.78, 5) is 4.30. The average Bonchev–Trinajstić information content (AvgIpc) is 2.31. The van der Waals surface area contributed by atoms with Gasteiger partial charge in [0.2, 0.25) is 0 Å². The van der Waals surface area contributed by atoms with Gasteiger partial charge in [-0.2, -0.15) is 0 Å². The summed E-state index contributed by atoms with van der Waals surface area (Å²) in [5.74, 6) is 0.829. The molecule has 0 saturated carbocycles. The monoisotopic (exact) mass is 213 g/mol. The fourth-order valence-electron chi connectivity index (χ4n) is 1.42. The van der Waals surface area contributed by atoms with Crippen LogP contribution in [0.25, 0.3) is 0 Å². The van der Waals surface area contributed by atoms with Crippen LogP contribution in [-0.2, 0) is 0 Å². The van der Waals surface area contributed by atoms with E-state index in [2.05, 4.69) is 10.3 Å². The van der Waals surface area contributed by atoms with Gasteiger partial charge in [0, 0.05) is 17.9 Å². The Kier molecular flexibility index (Phi) is 3.17. The second-order valence-corrected chi connectivity index (χ2v) is 3.76. The van der Waals surface area contributed by atoms with Crippen molar-refractivity contribution in [2.45, 2.75) is 13.0 Å². The number of aromatic nitrogens is 1. The van der Waals surface area contributed by atoms with Crippen LogP contribution in [0.3, 0.4) is 0 Å². The summed E-state index contributed by atoms with van der Waals surface area (Å²) < 4.78 is 0. The second-order valence-electron chi connectivity index (χ2n) is 3.76. The molecule has 1 aromatic carbocycles. The minimum atomic E-state index is 0.0262. The molecule has 0 spiro atoms. The lowest BCUT2D eigenvalue weighted by atomic mass is 10.1. The van der Waals surface area contributed by atoms with Crippen molar-refractivity contribution < 1.29 is 0 Å². The summed E-state index contributed by atoms with van der Waals surface area (Å²) in [6.45, 7) is 1.95. The molecule has 1 atom stereocenters. The molecule has 0 aliphatic rings. The molecule has 3 heteroatoms. The first kappa shape index (κ1) is 10.6. The molecule has 0 saturated heterocycles. The maximum atomic E-state index is 5.76. The smallest absolute Gasteiger partial charge is 0.130 e. The van der Waals surface area contributed by atoms with E-state index in [-0.39, 0.29) is 6.04 Å². The van der Waals surface area contributed by atoms with Crippen LogP contribution in [0.4, 0.5) is 11.5 Å². The molecule has 0 amide bonds. The Morgan fingerprint density at radius 3 is 2.44 bits per heavy atom. The Balaban J connectivity index is 2.11. The molecule has 16 heavy (non-hydrogen) atoms. The van der Waals surface area contributed by atoms with Gasteiger partial charge in [-0.1, -0.05) is 24.3 Å². The lowest BCUT2D eigenvalue weighted by Crippen LogP contribution is -2.05. The molecule has 1 heterocycles. The minimum Gasteiger partial charge on any atom is -0.340 e. The van der Waals surface area contributed by atoms with Gasteiger partial charge in [0.05, 0.1) is 0 Å². The summed E-state index contributed by atoms with van der Waals surface area (Å²) in [5, 5.41) is 3.22. The van der Waals surface area contributed by atoms with E-state index in [1.165, 1.54) is 0 Å². The van der Waals surface area contributed by atoms with Crippen LogP contribution in [-0.4, -0.2) is 4.98 Å². The van der Waals surface area contributed by atoms with Crippen molar-refractivity contribution >= 4 is 11.5 Å². The molecule has 0 unspecified atom stereocenters. The molecule has 0 radical (unpaired) electrons. The third kappa shape index (κ3) is 2.58. The Morgan fingerprint density at radius 1 is 1.12 bits per heavy atom. The number of nitrogens with two attached hydrogens (primary N) is 1. The number of anilines is 2. The zero-order chi connectivity index (χ0) is 11.4. The lowest BCUT2D eigenvalue weighted by Gasteiger charge is -2.08. The lowest BCUT2D eigenvalue weighted by molar-refractivity contribution is 0.812. The van der Waals surface area contributed by atoms with Gasteiger partial charge in [-0.25, -0.2) is 4.98 Å². The molecule has 0 bridgehead atoms. The first-order valence-electron chi connectivity index (χ1n) is 5.29. The quantitative estimate of drug-likeness (QED) is 0.824. The maximum absolute atomic E-state index is 5.76. The third-order valence-electron chi connectivity index (χ3n) is 2.36. The van der Waals surface area contributed by atoms with Crippen LogP contribution in [0.2, 0.25) is 0 Å². The minimum absolute atomic E-state index is 0.0262. The predicted molar refractivity (Wildman–Crippen MR) is 66.6 cm³/mol. The molecule has 3 N–H and O–H groups in total. The fourth-order valence-corrected chi connectivity index (χ4v) is 1.42. The number of hydrogen-bond acceptors (Lipinski definition) is 3. The van der Waals surface area contributed by atoms with Crippen LogP contribution < -0.4 is 11.1 Å². The third-order valence-corrected chi connectivity index (χ3v) is 2.36. The highest BCUT2D eigenvalue weighted by atomic mass is 15.0. The number of pyridine rings is 1. The average molecular weight is 213 g/mol. The van der Waals surface area contributed by atoms with Crippen LogP contribution in [0.15, 0.2) is 48.7 Å². The van der Waals surface area contributed by atoms with Crippen molar-refractivity contribution in [2.75, 3.05) is 5.32 Å². The number of nitrogens with zero attached hydrogens (tertiary/aromatic N) is 1. The molecular weight excluding hydrogens is 198 g/mol. The van der Waals surface area contributed by atoms with Crippen LogP contribution in [0.5, 0.6) is 0 Å². The van der Waals surface area contributed by atoms with Gasteiger partial charge in [-0.15, -0.1) is 0 Å². The number of benzene rings is 1. The molecule has 82 valence electrons. The normalized spacial score (nSPS) is 12.1. The number of para-hydroxylation sites is 1. The van der Waals surface area contributed by atoms with Crippen LogP contribution >= 0.6 is 0 Å². The topological polar surface area (TPSA) is 50.9 Å². The van der Waals surface area contributed by atoms with Crippen LogP contribution in [0, 0.1) is 0 Å². The largest absolute Gasteiger partial charge is 0.340 e. The predicted octanol–water partition coefficient (Wildman–Crippen LogP) is 2.84. The maximum Gasteiger partial charge on any atom is 0.130 e. The highest BCUT2D eigenvalue weighted by Gasteiger charge is 2.00. The van der Waals surface area contributed by atoms with E-state index in [4.69, 9.17) is 5.73 Å². The highest BCUT2D eigenvalue weighted by molar-refractivity contribution is 5.55. The standard InChI is InChI=1S/C13H15N3/c1-10(14)11-7-8-13(15-9-11)16-12-5-3-2-4-6-12/h2-10H,14H2,1H3,(H,15,16)/t10-/m1/s1. The van der Waals surface area contributed by atoms with E-state index in [1.807, 2.05) is 49.4 Å². The molecule has 2 rings (SSSR count). The van der Waals surface area contributed by atoms with E-state index in [0.29, 0.717) is 0 Å². The first-order chi connectivity index (χ1) is 7.75. The highest BCUT2D eigenvalue weighted by Crippen LogP contribution is 2.15. The Morgan fingerprint density at radius 2 is 1.88 bits per heavy atom. The van der Waals surface area contributed by atoms with Crippen molar-refractivity contribution in [3.63, 3.8) is 0 Å². The molecule has 0 aliphatic carbocycles. The molecule has 0 fully saturated rings. The van der Waals surface area contributed by atoms with Gasteiger partial charge in [0.15, 0.2) is 0 Å². The van der Waals surface area contributed by atoms with Gasteiger partial charge in [-0.05, 0) is 30.7 Å². The van der Waals surface area contributed by atoms with Crippen molar-refractivity contribution in [2.24, 2.45) is 5.73 Å². The van der Waals surface area contributed by atoms with Gasteiger partial charge in [0.25, 0.3) is 0 Å².